The van der Waals surface area contributed by atoms with Gasteiger partial charge in [0.15, 0.2) is 0 Å². The second-order valence-corrected chi connectivity index (χ2v) is 6.38. The lowest BCUT2D eigenvalue weighted by molar-refractivity contribution is 0.249. The highest BCUT2D eigenvalue weighted by Gasteiger charge is 2.21. The minimum atomic E-state index is 0.619. The average molecular weight is 260 g/mol. The van der Waals surface area contributed by atoms with Crippen LogP contribution in [-0.2, 0) is 0 Å². The quantitative estimate of drug-likeness (QED) is 0.818. The summed E-state index contributed by atoms with van der Waals surface area (Å²) in [5.74, 6) is 0.619. The third kappa shape index (κ3) is 3.30. The molecular formula is C17H28N2. The average Bonchev–Trinajstić information content (AvgIpc) is 2.38. The van der Waals surface area contributed by atoms with Gasteiger partial charge in [-0.05, 0) is 63.0 Å². The van der Waals surface area contributed by atoms with Gasteiger partial charge in [0.2, 0.25) is 0 Å². The van der Waals surface area contributed by atoms with Crippen LogP contribution in [-0.4, -0.2) is 38.1 Å². The minimum absolute atomic E-state index is 0.619. The zero-order valence-corrected chi connectivity index (χ0v) is 13.1. The summed E-state index contributed by atoms with van der Waals surface area (Å²) in [6.07, 6.45) is 2.55. The fourth-order valence-corrected chi connectivity index (χ4v) is 3.14. The molecule has 0 unspecified atom stereocenters. The molecule has 0 aliphatic carbocycles. The van der Waals surface area contributed by atoms with Gasteiger partial charge in [0.05, 0.1) is 0 Å². The third-order valence-electron chi connectivity index (χ3n) is 4.44. The molecular weight excluding hydrogens is 232 g/mol. The van der Waals surface area contributed by atoms with Crippen molar-refractivity contribution in [1.82, 2.24) is 4.90 Å². The topological polar surface area (TPSA) is 6.48 Å². The lowest BCUT2D eigenvalue weighted by Gasteiger charge is -2.36. The highest BCUT2D eigenvalue weighted by molar-refractivity contribution is 5.51. The molecule has 1 aromatic carbocycles. The van der Waals surface area contributed by atoms with E-state index < -0.39 is 0 Å². The molecule has 1 fully saturated rings. The molecule has 19 heavy (non-hydrogen) atoms. The Morgan fingerprint density at radius 1 is 1.16 bits per heavy atom. The van der Waals surface area contributed by atoms with E-state index in [1.54, 1.807) is 0 Å². The second kappa shape index (κ2) is 5.96. The molecule has 1 aromatic rings. The van der Waals surface area contributed by atoms with Crippen molar-refractivity contribution in [2.75, 3.05) is 32.1 Å². The number of hydrogen-bond donors (Lipinski definition) is 0. The summed E-state index contributed by atoms with van der Waals surface area (Å²) >= 11 is 0. The zero-order chi connectivity index (χ0) is 14.0. The zero-order valence-electron chi connectivity index (χ0n) is 13.1. The van der Waals surface area contributed by atoms with Crippen LogP contribution in [0.5, 0.6) is 0 Å². The second-order valence-electron chi connectivity index (χ2n) is 6.38. The first-order valence-electron chi connectivity index (χ1n) is 7.51. The summed E-state index contributed by atoms with van der Waals surface area (Å²) in [5.41, 5.74) is 4.31. The lowest BCUT2D eigenvalue weighted by Crippen LogP contribution is -2.42. The Labute approximate surface area is 118 Å². The van der Waals surface area contributed by atoms with E-state index in [0.717, 1.165) is 6.04 Å². The van der Waals surface area contributed by atoms with Gasteiger partial charge in [0.25, 0.3) is 0 Å². The number of benzene rings is 1. The van der Waals surface area contributed by atoms with Crippen LogP contribution in [0.2, 0.25) is 0 Å². The highest BCUT2D eigenvalue weighted by atomic mass is 15.2. The molecule has 1 aliphatic rings. The Morgan fingerprint density at radius 2 is 1.79 bits per heavy atom. The first-order valence-corrected chi connectivity index (χ1v) is 7.51. The van der Waals surface area contributed by atoms with E-state index in [2.05, 4.69) is 62.9 Å². The van der Waals surface area contributed by atoms with Gasteiger partial charge in [-0.2, -0.15) is 0 Å². The number of anilines is 1. The van der Waals surface area contributed by atoms with E-state index in [0.29, 0.717) is 5.92 Å². The van der Waals surface area contributed by atoms with Crippen molar-refractivity contribution in [1.29, 1.82) is 0 Å². The van der Waals surface area contributed by atoms with Gasteiger partial charge in [-0.1, -0.05) is 19.9 Å². The first kappa shape index (κ1) is 14.4. The molecule has 2 rings (SSSR count). The fraction of sp³-hybridized carbons (Fsp3) is 0.647. The van der Waals surface area contributed by atoms with E-state index in [4.69, 9.17) is 0 Å². The number of aryl methyl sites for hydroxylation is 1. The largest absolute Gasteiger partial charge is 0.371 e. The van der Waals surface area contributed by atoms with Crippen LogP contribution < -0.4 is 4.90 Å². The van der Waals surface area contributed by atoms with Gasteiger partial charge >= 0.3 is 0 Å². The molecule has 0 aromatic heterocycles. The summed E-state index contributed by atoms with van der Waals surface area (Å²) in [7, 11) is 4.39. The van der Waals surface area contributed by atoms with Crippen LogP contribution in [0.25, 0.3) is 0 Å². The van der Waals surface area contributed by atoms with E-state index in [9.17, 15) is 0 Å². The Kier molecular flexibility index (Phi) is 4.51. The molecule has 0 atom stereocenters. The molecule has 106 valence electrons. The lowest BCUT2D eigenvalue weighted by atomic mass is 9.96. The molecule has 0 amide bonds. The molecule has 1 heterocycles. The molecule has 0 N–H and O–H groups in total. The summed E-state index contributed by atoms with van der Waals surface area (Å²) in [5, 5.41) is 0. The van der Waals surface area contributed by atoms with Gasteiger partial charge in [0, 0.05) is 24.8 Å². The molecule has 2 heteroatoms. The van der Waals surface area contributed by atoms with Gasteiger partial charge in [0.1, 0.15) is 0 Å². The molecule has 0 radical (unpaired) electrons. The normalized spacial score (nSPS) is 17.5. The molecule has 0 spiro atoms. The smallest absolute Gasteiger partial charge is 0.0369 e. The van der Waals surface area contributed by atoms with E-state index in [1.165, 1.54) is 42.7 Å². The van der Waals surface area contributed by atoms with Crippen molar-refractivity contribution in [2.45, 2.75) is 45.6 Å². The van der Waals surface area contributed by atoms with E-state index >= 15 is 0 Å². The maximum absolute atomic E-state index is 2.54. The van der Waals surface area contributed by atoms with Crippen LogP contribution >= 0.6 is 0 Å². The van der Waals surface area contributed by atoms with Crippen LogP contribution in [0, 0.1) is 6.92 Å². The standard InChI is InChI=1S/C17H28N2/c1-13(2)17-7-6-16(12-14(17)3)19-10-8-15(9-11-19)18(4)5/h6-7,12-13,15H,8-11H2,1-5H3. The predicted molar refractivity (Wildman–Crippen MR) is 84.2 cm³/mol. The van der Waals surface area contributed by atoms with Crippen molar-refractivity contribution in [2.24, 2.45) is 0 Å². The van der Waals surface area contributed by atoms with Crippen LogP contribution in [0.3, 0.4) is 0 Å². The summed E-state index contributed by atoms with van der Waals surface area (Å²) < 4.78 is 0. The minimum Gasteiger partial charge on any atom is -0.371 e. The number of rotatable bonds is 3. The predicted octanol–water partition coefficient (Wildman–Crippen LogP) is 3.65. The number of nitrogens with zero attached hydrogens (tertiary/aromatic N) is 2. The maximum Gasteiger partial charge on any atom is 0.0369 e. The SMILES string of the molecule is Cc1cc(N2CCC(N(C)C)CC2)ccc1C(C)C. The van der Waals surface area contributed by atoms with Crippen molar-refractivity contribution in [3.63, 3.8) is 0 Å². The molecule has 1 saturated heterocycles. The fourth-order valence-electron chi connectivity index (χ4n) is 3.14. The van der Waals surface area contributed by atoms with E-state index in [1.807, 2.05) is 0 Å². The monoisotopic (exact) mass is 260 g/mol. The Hall–Kier alpha value is -1.02. The summed E-state index contributed by atoms with van der Waals surface area (Å²) in [6, 6.07) is 7.74. The van der Waals surface area contributed by atoms with Crippen LogP contribution in [0.4, 0.5) is 5.69 Å². The molecule has 0 bridgehead atoms. The highest BCUT2D eigenvalue weighted by Crippen LogP contribution is 2.27. The first-order chi connectivity index (χ1) is 8.99. The Balaban J connectivity index is 2.06. The van der Waals surface area contributed by atoms with Crippen molar-refractivity contribution >= 4 is 5.69 Å². The molecule has 2 nitrogen and oxygen atoms in total. The van der Waals surface area contributed by atoms with E-state index in [-0.39, 0.29) is 0 Å². The Morgan fingerprint density at radius 3 is 2.26 bits per heavy atom. The summed E-state index contributed by atoms with van der Waals surface area (Å²) in [6.45, 7) is 9.15. The molecule has 1 aliphatic heterocycles. The van der Waals surface area contributed by atoms with Gasteiger partial charge in [-0.25, -0.2) is 0 Å². The number of piperidine rings is 1. The van der Waals surface area contributed by atoms with Crippen molar-refractivity contribution < 1.29 is 0 Å². The third-order valence-corrected chi connectivity index (χ3v) is 4.44. The van der Waals surface area contributed by atoms with Gasteiger partial charge in [-0.15, -0.1) is 0 Å². The number of hydrogen-bond acceptors (Lipinski definition) is 2. The van der Waals surface area contributed by atoms with Crippen molar-refractivity contribution in [3.8, 4) is 0 Å². The summed E-state index contributed by atoms with van der Waals surface area (Å²) in [4.78, 5) is 4.90. The van der Waals surface area contributed by atoms with Gasteiger partial charge in [-0.3, -0.25) is 0 Å². The van der Waals surface area contributed by atoms with Gasteiger partial charge < -0.3 is 9.80 Å². The Bertz CT molecular complexity index is 415. The van der Waals surface area contributed by atoms with Crippen molar-refractivity contribution in [3.05, 3.63) is 29.3 Å². The van der Waals surface area contributed by atoms with Crippen LogP contribution in [0.15, 0.2) is 18.2 Å². The van der Waals surface area contributed by atoms with Crippen LogP contribution in [0.1, 0.15) is 43.7 Å². The molecule has 0 saturated carbocycles. The maximum atomic E-state index is 2.54.